The lowest BCUT2D eigenvalue weighted by atomic mass is 9.63. The molecule has 0 saturated carbocycles. The zero-order valence-electron chi connectivity index (χ0n) is 27.2. The van der Waals surface area contributed by atoms with Gasteiger partial charge in [0.05, 0.1) is 39.2 Å². The second kappa shape index (κ2) is 11.3. The molecule has 3 heteroatoms. The van der Waals surface area contributed by atoms with Gasteiger partial charge in [-0.15, -0.1) is 0 Å². The highest BCUT2D eigenvalue weighted by atomic mass is 15.0. The Labute approximate surface area is 290 Å². The van der Waals surface area contributed by atoms with Crippen LogP contribution in [0, 0.1) is 0 Å². The number of hydrogen-bond donors (Lipinski definition) is 0. The van der Waals surface area contributed by atoms with Gasteiger partial charge in [0.25, 0.3) is 0 Å². The van der Waals surface area contributed by atoms with Crippen LogP contribution in [-0.4, -0.2) is 14.5 Å². The molecule has 0 N–H and O–H groups in total. The molecule has 0 spiro atoms. The molecule has 0 saturated heterocycles. The summed E-state index contributed by atoms with van der Waals surface area (Å²) >= 11 is 0. The summed E-state index contributed by atoms with van der Waals surface area (Å²) in [5.74, 6) is 0. The number of hydrogen-bond acceptors (Lipinski definition) is 2. The summed E-state index contributed by atoms with van der Waals surface area (Å²) in [5.41, 5.74) is 14.2. The van der Waals surface area contributed by atoms with Gasteiger partial charge in [-0.2, -0.15) is 0 Å². The van der Waals surface area contributed by atoms with Crippen LogP contribution in [0.25, 0.3) is 61.3 Å². The number of nitrogens with zero attached hydrogens (tertiary/aromatic N) is 3. The largest absolute Gasteiger partial charge is 0.309 e. The minimum absolute atomic E-state index is 0.535. The fourth-order valence-electron chi connectivity index (χ4n) is 8.19. The van der Waals surface area contributed by atoms with E-state index in [2.05, 4.69) is 167 Å². The molecule has 1 aliphatic rings. The molecule has 0 fully saturated rings. The minimum atomic E-state index is -0.535. The molecular formula is C47H31N3. The lowest BCUT2D eigenvalue weighted by Crippen LogP contribution is -2.35. The van der Waals surface area contributed by atoms with E-state index in [0.717, 1.165) is 33.8 Å². The first-order valence-electron chi connectivity index (χ1n) is 17.1. The molecule has 1 aliphatic heterocycles. The molecule has 9 aromatic rings. The zero-order chi connectivity index (χ0) is 33.1. The van der Waals surface area contributed by atoms with E-state index in [0.29, 0.717) is 0 Å². The maximum Gasteiger partial charge on any atom is 0.0899 e. The van der Waals surface area contributed by atoms with Gasteiger partial charge in [-0.3, -0.25) is 4.98 Å². The molecule has 6 aromatic carbocycles. The van der Waals surface area contributed by atoms with Crippen molar-refractivity contribution in [1.82, 2.24) is 14.5 Å². The van der Waals surface area contributed by atoms with Crippen LogP contribution in [0.4, 0.5) is 0 Å². The molecule has 50 heavy (non-hydrogen) atoms. The van der Waals surface area contributed by atoms with Crippen molar-refractivity contribution >= 4 is 21.8 Å². The van der Waals surface area contributed by atoms with Gasteiger partial charge in [-0.05, 0) is 69.8 Å². The van der Waals surface area contributed by atoms with Crippen LogP contribution < -0.4 is 0 Å². The van der Waals surface area contributed by atoms with Crippen molar-refractivity contribution in [3.63, 3.8) is 0 Å². The molecule has 1 atom stereocenters. The molecular weight excluding hydrogens is 607 g/mol. The highest BCUT2D eigenvalue weighted by Crippen LogP contribution is 2.54. The monoisotopic (exact) mass is 637 g/mol. The second-order valence-corrected chi connectivity index (χ2v) is 13.0. The average molecular weight is 638 g/mol. The standard InChI is InChI=1S/C47H31N3/c1-3-14-33(15-4-1)42-30-34(31-43(49-42)41-22-11-12-29-48-41)32-25-27-36(28-26-32)47(35-16-5-2-6-17-35)39-20-8-10-24-45(39)50-44-23-9-7-18-37(44)38-19-13-21-40(47)46(38)50/h1-31H. The Bertz CT molecular complexity index is 2620. The molecule has 4 heterocycles. The summed E-state index contributed by atoms with van der Waals surface area (Å²) in [6.45, 7) is 0. The fraction of sp³-hybridized carbons (Fsp3) is 0.0213. The molecule has 0 bridgehead atoms. The van der Waals surface area contributed by atoms with Gasteiger partial charge in [-0.25, -0.2) is 4.98 Å². The summed E-state index contributed by atoms with van der Waals surface area (Å²) in [7, 11) is 0. The smallest absolute Gasteiger partial charge is 0.0899 e. The van der Waals surface area contributed by atoms with E-state index in [4.69, 9.17) is 4.98 Å². The highest BCUT2D eigenvalue weighted by Gasteiger charge is 2.45. The van der Waals surface area contributed by atoms with E-state index in [-0.39, 0.29) is 0 Å². The Morgan fingerprint density at radius 2 is 1.08 bits per heavy atom. The molecule has 0 radical (unpaired) electrons. The molecule has 10 rings (SSSR count). The number of rotatable bonds is 5. The molecule has 1 unspecified atom stereocenters. The van der Waals surface area contributed by atoms with Crippen LogP contribution in [-0.2, 0) is 5.41 Å². The van der Waals surface area contributed by atoms with Crippen LogP contribution in [0.1, 0.15) is 22.3 Å². The Morgan fingerprint density at radius 3 is 1.90 bits per heavy atom. The van der Waals surface area contributed by atoms with Gasteiger partial charge >= 0.3 is 0 Å². The lowest BCUT2D eigenvalue weighted by Gasteiger charge is -2.41. The quantitative estimate of drug-likeness (QED) is 0.188. The number of fused-ring (bicyclic) bond motifs is 5. The van der Waals surface area contributed by atoms with Crippen LogP contribution in [0.5, 0.6) is 0 Å². The first kappa shape index (κ1) is 28.4. The first-order valence-corrected chi connectivity index (χ1v) is 17.1. The SMILES string of the molecule is c1ccc(-c2cc(-c3ccc(C4(c5ccccc5)c5ccccc5-n5c6ccccc6c6cccc4c65)cc3)cc(-c3ccccn3)n2)cc1. The molecule has 234 valence electrons. The maximum atomic E-state index is 5.06. The lowest BCUT2D eigenvalue weighted by molar-refractivity contribution is 0.728. The summed E-state index contributed by atoms with van der Waals surface area (Å²) in [6, 6.07) is 65.5. The average Bonchev–Trinajstić information content (AvgIpc) is 3.55. The van der Waals surface area contributed by atoms with Crippen LogP contribution >= 0.6 is 0 Å². The van der Waals surface area contributed by atoms with Gasteiger partial charge in [0, 0.05) is 22.5 Å². The Balaban J connectivity index is 1.22. The third-order valence-corrected chi connectivity index (χ3v) is 10.3. The summed E-state index contributed by atoms with van der Waals surface area (Å²) in [4.78, 5) is 9.71. The zero-order valence-corrected chi connectivity index (χ0v) is 27.2. The summed E-state index contributed by atoms with van der Waals surface area (Å²) in [6.07, 6.45) is 1.83. The van der Waals surface area contributed by atoms with Crippen LogP contribution in [0.3, 0.4) is 0 Å². The number of benzene rings is 6. The van der Waals surface area contributed by atoms with Gasteiger partial charge in [0.15, 0.2) is 0 Å². The predicted molar refractivity (Wildman–Crippen MR) is 205 cm³/mol. The highest BCUT2D eigenvalue weighted by molar-refractivity contribution is 6.12. The maximum absolute atomic E-state index is 5.06. The number of pyridine rings is 2. The van der Waals surface area contributed by atoms with Gasteiger partial charge in [0.2, 0.25) is 0 Å². The molecule has 3 aromatic heterocycles. The molecule has 0 aliphatic carbocycles. The normalized spacial score (nSPS) is 14.9. The third kappa shape index (κ3) is 4.17. The van der Waals surface area contributed by atoms with Crippen LogP contribution in [0.15, 0.2) is 188 Å². The van der Waals surface area contributed by atoms with E-state index >= 15 is 0 Å². The van der Waals surface area contributed by atoms with E-state index in [1.54, 1.807) is 0 Å². The van der Waals surface area contributed by atoms with Crippen molar-refractivity contribution < 1.29 is 0 Å². The van der Waals surface area contributed by atoms with Crippen molar-refractivity contribution in [2.24, 2.45) is 0 Å². The van der Waals surface area contributed by atoms with Gasteiger partial charge in [0.1, 0.15) is 0 Å². The first-order chi connectivity index (χ1) is 24.8. The van der Waals surface area contributed by atoms with Gasteiger partial charge in [-0.1, -0.05) is 146 Å². The third-order valence-electron chi connectivity index (χ3n) is 10.3. The summed E-state index contributed by atoms with van der Waals surface area (Å²) < 4.78 is 2.48. The number of aromatic nitrogens is 3. The van der Waals surface area contributed by atoms with Crippen molar-refractivity contribution in [2.45, 2.75) is 5.41 Å². The van der Waals surface area contributed by atoms with Crippen molar-refractivity contribution in [2.75, 3.05) is 0 Å². The van der Waals surface area contributed by atoms with E-state index in [9.17, 15) is 0 Å². The molecule has 3 nitrogen and oxygen atoms in total. The van der Waals surface area contributed by atoms with Crippen molar-refractivity contribution in [1.29, 1.82) is 0 Å². The van der Waals surface area contributed by atoms with E-state index < -0.39 is 5.41 Å². The minimum Gasteiger partial charge on any atom is -0.309 e. The van der Waals surface area contributed by atoms with E-state index in [1.807, 2.05) is 30.5 Å². The van der Waals surface area contributed by atoms with Crippen molar-refractivity contribution in [3.05, 3.63) is 210 Å². The Hall–Kier alpha value is -6.58. The Morgan fingerprint density at radius 1 is 0.420 bits per heavy atom. The summed E-state index contributed by atoms with van der Waals surface area (Å²) in [5, 5.41) is 2.55. The molecule has 0 amide bonds. The van der Waals surface area contributed by atoms with Crippen molar-refractivity contribution in [3.8, 4) is 39.5 Å². The number of para-hydroxylation sites is 3. The van der Waals surface area contributed by atoms with Crippen LogP contribution in [0.2, 0.25) is 0 Å². The predicted octanol–water partition coefficient (Wildman–Crippen LogP) is 11.3. The van der Waals surface area contributed by atoms with E-state index in [1.165, 1.54) is 49.7 Å². The fourth-order valence-corrected chi connectivity index (χ4v) is 8.19. The Kier molecular flexibility index (Phi) is 6.40. The second-order valence-electron chi connectivity index (χ2n) is 13.0. The van der Waals surface area contributed by atoms with Gasteiger partial charge < -0.3 is 4.57 Å². The topological polar surface area (TPSA) is 30.7 Å².